The summed E-state index contributed by atoms with van der Waals surface area (Å²) in [5, 5.41) is 22.2. The predicted molar refractivity (Wildman–Crippen MR) is 69.4 cm³/mol. The number of anilines is 1. The number of pyridine rings is 1. The van der Waals surface area contributed by atoms with E-state index in [1.165, 1.54) is 0 Å². The zero-order valence-corrected chi connectivity index (χ0v) is 10.9. The Kier molecular flexibility index (Phi) is 4.23. The first-order chi connectivity index (χ1) is 9.12. The predicted octanol–water partition coefficient (Wildman–Crippen LogP) is 0.754. The molecule has 0 aliphatic heterocycles. The van der Waals surface area contributed by atoms with Crippen LogP contribution in [0.5, 0.6) is 0 Å². The van der Waals surface area contributed by atoms with Gasteiger partial charge in [0.25, 0.3) is 11.6 Å². The third-order valence-electron chi connectivity index (χ3n) is 2.40. The van der Waals surface area contributed by atoms with E-state index >= 15 is 0 Å². The van der Waals surface area contributed by atoms with E-state index in [1.54, 1.807) is 13.8 Å². The highest BCUT2D eigenvalue weighted by molar-refractivity contribution is 5.98. The summed E-state index contributed by atoms with van der Waals surface area (Å²) in [5.74, 6) is -1.92. The summed E-state index contributed by atoms with van der Waals surface area (Å²) in [6, 6.07) is 0.995. The summed E-state index contributed by atoms with van der Waals surface area (Å²) in [4.78, 5) is 35.7. The fourth-order valence-corrected chi connectivity index (χ4v) is 1.58. The van der Waals surface area contributed by atoms with E-state index in [0.717, 1.165) is 12.3 Å². The molecule has 108 valence electrons. The van der Waals surface area contributed by atoms with Crippen molar-refractivity contribution in [1.29, 1.82) is 0 Å². The van der Waals surface area contributed by atoms with Crippen LogP contribution in [-0.4, -0.2) is 32.4 Å². The van der Waals surface area contributed by atoms with Crippen LogP contribution in [-0.2, 0) is 4.79 Å². The lowest BCUT2D eigenvalue weighted by atomic mass is 10.0. The molecule has 0 aliphatic rings. The monoisotopic (exact) mass is 282 g/mol. The minimum Gasteiger partial charge on any atom is -0.481 e. The van der Waals surface area contributed by atoms with Crippen LogP contribution in [0.1, 0.15) is 30.6 Å². The van der Waals surface area contributed by atoms with Gasteiger partial charge in [0.05, 0.1) is 16.9 Å². The van der Waals surface area contributed by atoms with Crippen LogP contribution in [0.4, 0.5) is 11.5 Å². The number of hydrogen-bond acceptors (Lipinski definition) is 6. The Morgan fingerprint density at radius 1 is 1.55 bits per heavy atom. The SMILES string of the molecule is CC(C)(CC(=O)O)Nc1ncc([N+](=O)[O-])cc1C(N)=O. The zero-order valence-electron chi connectivity index (χ0n) is 10.9. The van der Waals surface area contributed by atoms with Crippen LogP contribution in [0, 0.1) is 10.1 Å². The molecule has 1 heterocycles. The number of carboxylic acid groups (broad SMARTS) is 1. The highest BCUT2D eigenvalue weighted by Crippen LogP contribution is 2.23. The van der Waals surface area contributed by atoms with E-state index in [0.29, 0.717) is 0 Å². The van der Waals surface area contributed by atoms with Crippen LogP contribution >= 0.6 is 0 Å². The van der Waals surface area contributed by atoms with Gasteiger partial charge in [0, 0.05) is 11.6 Å². The molecule has 20 heavy (non-hydrogen) atoms. The maximum atomic E-state index is 11.3. The topological polar surface area (TPSA) is 148 Å². The maximum absolute atomic E-state index is 11.3. The summed E-state index contributed by atoms with van der Waals surface area (Å²) in [5.41, 5.74) is 3.70. The molecule has 4 N–H and O–H groups in total. The lowest BCUT2D eigenvalue weighted by molar-refractivity contribution is -0.385. The molecule has 0 bridgehead atoms. The van der Waals surface area contributed by atoms with Crippen molar-refractivity contribution in [3.63, 3.8) is 0 Å². The number of nitro groups is 1. The number of carbonyl (C=O) groups excluding carboxylic acids is 1. The number of nitrogens with zero attached hydrogens (tertiary/aromatic N) is 2. The fraction of sp³-hybridized carbons (Fsp3) is 0.364. The first kappa shape index (κ1) is 15.3. The molecule has 0 saturated heterocycles. The van der Waals surface area contributed by atoms with Crippen molar-refractivity contribution in [2.75, 3.05) is 5.32 Å². The van der Waals surface area contributed by atoms with E-state index < -0.39 is 22.3 Å². The number of hydrogen-bond donors (Lipinski definition) is 3. The van der Waals surface area contributed by atoms with Gasteiger partial charge in [0.2, 0.25) is 0 Å². The first-order valence-corrected chi connectivity index (χ1v) is 5.56. The number of carbonyl (C=O) groups is 2. The molecular weight excluding hydrogens is 268 g/mol. The Morgan fingerprint density at radius 2 is 2.15 bits per heavy atom. The van der Waals surface area contributed by atoms with Gasteiger partial charge in [-0.25, -0.2) is 4.98 Å². The summed E-state index contributed by atoms with van der Waals surface area (Å²) in [6.07, 6.45) is 0.732. The molecule has 0 spiro atoms. The largest absolute Gasteiger partial charge is 0.481 e. The summed E-state index contributed by atoms with van der Waals surface area (Å²) < 4.78 is 0. The summed E-state index contributed by atoms with van der Waals surface area (Å²) >= 11 is 0. The van der Waals surface area contributed by atoms with Gasteiger partial charge in [-0.2, -0.15) is 0 Å². The van der Waals surface area contributed by atoms with Crippen molar-refractivity contribution >= 4 is 23.4 Å². The Hall–Kier alpha value is -2.71. The second kappa shape index (κ2) is 5.51. The molecule has 1 aromatic heterocycles. The van der Waals surface area contributed by atoms with Crippen molar-refractivity contribution in [3.8, 4) is 0 Å². The molecule has 0 atom stereocenters. The van der Waals surface area contributed by atoms with Crippen LogP contribution in [0.3, 0.4) is 0 Å². The highest BCUT2D eigenvalue weighted by Gasteiger charge is 2.25. The standard InChI is InChI=1S/C11H14N4O5/c1-11(2,4-8(16)17)14-10-7(9(12)18)3-6(5-13-10)15(19)20/h3,5H,4H2,1-2H3,(H2,12,18)(H,13,14)(H,16,17). The summed E-state index contributed by atoms with van der Waals surface area (Å²) in [6.45, 7) is 3.18. The van der Waals surface area contributed by atoms with Crippen molar-refractivity contribution in [2.45, 2.75) is 25.8 Å². The van der Waals surface area contributed by atoms with Crippen molar-refractivity contribution in [3.05, 3.63) is 27.9 Å². The maximum Gasteiger partial charge on any atom is 0.305 e. The lowest BCUT2D eigenvalue weighted by Crippen LogP contribution is -2.35. The number of aromatic nitrogens is 1. The van der Waals surface area contributed by atoms with Gasteiger partial charge in [-0.15, -0.1) is 0 Å². The van der Waals surface area contributed by atoms with E-state index in [4.69, 9.17) is 10.8 Å². The highest BCUT2D eigenvalue weighted by atomic mass is 16.6. The number of rotatable bonds is 6. The Morgan fingerprint density at radius 3 is 2.60 bits per heavy atom. The Balaban J connectivity index is 3.15. The number of nitrogens with one attached hydrogen (secondary N) is 1. The van der Waals surface area contributed by atoms with Gasteiger partial charge in [-0.05, 0) is 13.8 Å². The molecule has 0 aliphatic carbocycles. The molecule has 0 unspecified atom stereocenters. The molecule has 0 fully saturated rings. The number of aliphatic carboxylic acids is 1. The summed E-state index contributed by atoms with van der Waals surface area (Å²) in [7, 11) is 0. The van der Waals surface area contributed by atoms with Gasteiger partial charge < -0.3 is 16.2 Å². The number of carboxylic acids is 1. The average molecular weight is 282 g/mol. The van der Waals surface area contributed by atoms with Crippen molar-refractivity contribution in [2.24, 2.45) is 5.73 Å². The minimum absolute atomic E-state index is 0.00866. The zero-order chi connectivity index (χ0) is 15.5. The molecule has 9 heteroatoms. The quantitative estimate of drug-likeness (QED) is 0.514. The Labute approximate surface area is 114 Å². The smallest absolute Gasteiger partial charge is 0.305 e. The third kappa shape index (κ3) is 3.90. The van der Waals surface area contributed by atoms with E-state index in [1.807, 2.05) is 0 Å². The number of nitrogens with two attached hydrogens (primary N) is 1. The van der Waals surface area contributed by atoms with Crippen molar-refractivity contribution < 1.29 is 19.6 Å². The molecule has 9 nitrogen and oxygen atoms in total. The molecule has 0 radical (unpaired) electrons. The minimum atomic E-state index is -1.04. The lowest BCUT2D eigenvalue weighted by Gasteiger charge is -2.25. The van der Waals surface area contributed by atoms with Gasteiger partial charge in [0.15, 0.2) is 0 Å². The average Bonchev–Trinajstić information content (AvgIpc) is 2.26. The normalized spacial score (nSPS) is 10.9. The second-order valence-corrected chi connectivity index (χ2v) is 4.79. The Bertz CT molecular complexity index is 570. The number of primary amides is 1. The number of amides is 1. The molecule has 0 aromatic carbocycles. The van der Waals surface area contributed by atoms with Crippen LogP contribution in [0.2, 0.25) is 0 Å². The van der Waals surface area contributed by atoms with Gasteiger partial charge >= 0.3 is 5.97 Å². The van der Waals surface area contributed by atoms with Gasteiger partial charge in [0.1, 0.15) is 12.0 Å². The fourth-order valence-electron chi connectivity index (χ4n) is 1.58. The molecule has 1 rings (SSSR count). The molecular formula is C11H14N4O5. The molecule has 1 amide bonds. The van der Waals surface area contributed by atoms with Gasteiger partial charge in [-0.3, -0.25) is 19.7 Å². The van der Waals surface area contributed by atoms with Gasteiger partial charge in [-0.1, -0.05) is 0 Å². The van der Waals surface area contributed by atoms with E-state index in [2.05, 4.69) is 10.3 Å². The van der Waals surface area contributed by atoms with Crippen LogP contribution < -0.4 is 11.1 Å². The van der Waals surface area contributed by atoms with E-state index in [-0.39, 0.29) is 23.5 Å². The van der Waals surface area contributed by atoms with Crippen molar-refractivity contribution in [1.82, 2.24) is 4.98 Å². The van der Waals surface area contributed by atoms with Crippen LogP contribution in [0.25, 0.3) is 0 Å². The first-order valence-electron chi connectivity index (χ1n) is 5.56. The molecule has 0 saturated carbocycles. The molecule has 1 aromatic rings. The van der Waals surface area contributed by atoms with E-state index in [9.17, 15) is 19.7 Å². The second-order valence-electron chi connectivity index (χ2n) is 4.79. The van der Waals surface area contributed by atoms with Crippen LogP contribution in [0.15, 0.2) is 12.3 Å². The third-order valence-corrected chi connectivity index (χ3v) is 2.40.